The first-order valence-electron chi connectivity index (χ1n) is 6.49. The summed E-state index contributed by atoms with van der Waals surface area (Å²) in [5.74, 6) is -1.34. The fourth-order valence-electron chi connectivity index (χ4n) is 2.30. The number of Topliss-reactive ketones (excluding diaryl/α,β-unsaturated/α-hetero) is 2. The van der Waals surface area contributed by atoms with Crippen LogP contribution in [0.3, 0.4) is 0 Å². The third-order valence-electron chi connectivity index (χ3n) is 3.52. The minimum atomic E-state index is -0.686. The minimum Gasteiger partial charge on any atom is -0.463 e. The van der Waals surface area contributed by atoms with E-state index in [0.29, 0.717) is 11.1 Å². The van der Waals surface area contributed by atoms with Crippen molar-refractivity contribution in [1.29, 1.82) is 0 Å². The number of furan rings is 1. The average molecular weight is 280 g/mol. The monoisotopic (exact) mass is 280 g/mol. The van der Waals surface area contributed by atoms with Crippen LogP contribution in [0.5, 0.6) is 0 Å². The number of fused-ring (bicyclic) bond motifs is 1. The third-order valence-corrected chi connectivity index (χ3v) is 3.52. The fraction of sp³-hybridized carbons (Fsp3) is 0.118. The zero-order chi connectivity index (χ0) is 15.1. The molecule has 0 fully saturated rings. The van der Waals surface area contributed by atoms with Crippen molar-refractivity contribution in [2.75, 3.05) is 0 Å². The molecule has 1 heterocycles. The minimum absolute atomic E-state index is 0.0659. The van der Waals surface area contributed by atoms with Gasteiger partial charge in [-0.05, 0) is 19.9 Å². The molecule has 4 heteroatoms. The van der Waals surface area contributed by atoms with Crippen LogP contribution in [0.2, 0.25) is 0 Å². The van der Waals surface area contributed by atoms with Crippen LogP contribution in [0.4, 0.5) is 0 Å². The van der Waals surface area contributed by atoms with E-state index in [1.807, 2.05) is 19.1 Å². The lowest BCUT2D eigenvalue weighted by Crippen LogP contribution is -2.21. The predicted molar refractivity (Wildman–Crippen MR) is 76.3 cm³/mol. The van der Waals surface area contributed by atoms with Crippen molar-refractivity contribution in [3.63, 3.8) is 0 Å². The molecule has 0 saturated heterocycles. The molecule has 0 amide bonds. The van der Waals surface area contributed by atoms with Gasteiger partial charge in [-0.2, -0.15) is 0 Å². The van der Waals surface area contributed by atoms with Crippen LogP contribution < -0.4 is 0 Å². The summed E-state index contributed by atoms with van der Waals surface area (Å²) in [6.45, 7) is 3.47. The number of benzene rings is 1. The summed E-state index contributed by atoms with van der Waals surface area (Å²) in [7, 11) is 0. The first-order chi connectivity index (χ1) is 9.99. The molecule has 0 unspecified atom stereocenters. The molecule has 1 aliphatic carbocycles. The van der Waals surface area contributed by atoms with Crippen LogP contribution in [0.25, 0.3) is 6.08 Å². The summed E-state index contributed by atoms with van der Waals surface area (Å²) >= 11 is 0. The van der Waals surface area contributed by atoms with E-state index in [1.165, 1.54) is 12.3 Å². The molecule has 1 aromatic heterocycles. The Balaban J connectivity index is 2.10. The molecular formula is C17H12O4. The van der Waals surface area contributed by atoms with Crippen molar-refractivity contribution in [1.82, 2.24) is 0 Å². The number of allylic oxidation sites excluding steroid dienone is 1. The second kappa shape index (κ2) is 4.66. The first-order valence-corrected chi connectivity index (χ1v) is 6.49. The summed E-state index contributed by atoms with van der Waals surface area (Å²) in [6, 6.07) is 7.01. The van der Waals surface area contributed by atoms with Crippen molar-refractivity contribution in [3.05, 3.63) is 64.1 Å². The second-order valence-corrected chi connectivity index (χ2v) is 5.07. The third kappa shape index (κ3) is 2.05. The molecule has 0 aliphatic heterocycles. The van der Waals surface area contributed by atoms with Gasteiger partial charge in [0.25, 0.3) is 0 Å². The van der Waals surface area contributed by atoms with Gasteiger partial charge in [-0.1, -0.05) is 29.8 Å². The van der Waals surface area contributed by atoms with E-state index in [9.17, 15) is 14.4 Å². The number of aryl methyl sites for hydroxylation is 1. The maximum Gasteiger partial charge on any atom is 0.237 e. The van der Waals surface area contributed by atoms with Gasteiger partial charge >= 0.3 is 0 Å². The second-order valence-electron chi connectivity index (χ2n) is 5.07. The number of carbonyl (C=O) groups is 3. The first kappa shape index (κ1) is 13.2. The smallest absolute Gasteiger partial charge is 0.237 e. The van der Waals surface area contributed by atoms with Crippen molar-refractivity contribution in [3.8, 4) is 0 Å². The maximum atomic E-state index is 12.5. The van der Waals surface area contributed by atoms with Crippen molar-refractivity contribution < 1.29 is 18.8 Å². The van der Waals surface area contributed by atoms with E-state index in [0.717, 1.165) is 5.56 Å². The largest absolute Gasteiger partial charge is 0.463 e. The van der Waals surface area contributed by atoms with Crippen LogP contribution in [-0.4, -0.2) is 17.3 Å². The Kier molecular flexibility index (Phi) is 2.94. The van der Waals surface area contributed by atoms with Crippen LogP contribution in [0, 0.1) is 6.92 Å². The lowest BCUT2D eigenvalue weighted by Gasteiger charge is -2.08. The van der Waals surface area contributed by atoms with E-state index in [1.54, 1.807) is 19.1 Å². The Morgan fingerprint density at radius 3 is 2.33 bits per heavy atom. The van der Waals surface area contributed by atoms with Gasteiger partial charge in [-0.25, -0.2) is 0 Å². The van der Waals surface area contributed by atoms with Crippen molar-refractivity contribution in [2.24, 2.45) is 0 Å². The molecule has 3 rings (SSSR count). The summed E-state index contributed by atoms with van der Waals surface area (Å²) in [5, 5.41) is 0. The van der Waals surface area contributed by atoms with Crippen molar-refractivity contribution in [2.45, 2.75) is 13.8 Å². The van der Waals surface area contributed by atoms with Crippen LogP contribution >= 0.6 is 0 Å². The fourth-order valence-corrected chi connectivity index (χ4v) is 2.30. The van der Waals surface area contributed by atoms with Crippen LogP contribution in [0.1, 0.15) is 44.5 Å². The average Bonchev–Trinajstić information content (AvgIpc) is 2.88. The Morgan fingerprint density at radius 1 is 1.00 bits per heavy atom. The molecule has 0 radical (unpaired) electrons. The molecule has 0 spiro atoms. The summed E-state index contributed by atoms with van der Waals surface area (Å²) in [4.78, 5) is 36.3. The summed E-state index contributed by atoms with van der Waals surface area (Å²) in [6.07, 6.45) is 2.73. The summed E-state index contributed by atoms with van der Waals surface area (Å²) in [5.41, 5.74) is 2.00. The molecule has 104 valence electrons. The Bertz CT molecular complexity index is 804. The number of carbonyl (C=O) groups excluding carboxylic acids is 3. The van der Waals surface area contributed by atoms with E-state index in [-0.39, 0.29) is 22.7 Å². The zero-order valence-electron chi connectivity index (χ0n) is 11.6. The quantitative estimate of drug-likeness (QED) is 0.626. The molecule has 2 aromatic rings. The van der Waals surface area contributed by atoms with E-state index >= 15 is 0 Å². The molecular weight excluding hydrogens is 268 g/mol. The predicted octanol–water partition coefficient (Wildman–Crippen LogP) is 2.99. The van der Waals surface area contributed by atoms with E-state index in [4.69, 9.17) is 4.42 Å². The van der Waals surface area contributed by atoms with Gasteiger partial charge in [-0.15, -0.1) is 0 Å². The van der Waals surface area contributed by atoms with Gasteiger partial charge in [0.15, 0.2) is 5.78 Å². The number of rotatable bonds is 2. The van der Waals surface area contributed by atoms with Gasteiger partial charge in [0.2, 0.25) is 11.6 Å². The Morgan fingerprint density at radius 2 is 1.67 bits per heavy atom. The highest BCUT2D eigenvalue weighted by Gasteiger charge is 2.33. The molecule has 1 aromatic carbocycles. The molecule has 0 saturated carbocycles. The normalized spacial score (nSPS) is 13.9. The van der Waals surface area contributed by atoms with Gasteiger partial charge in [0.1, 0.15) is 12.0 Å². The molecule has 0 bridgehead atoms. The highest BCUT2D eigenvalue weighted by molar-refractivity contribution is 6.52. The maximum absolute atomic E-state index is 12.5. The van der Waals surface area contributed by atoms with Crippen molar-refractivity contribution >= 4 is 23.4 Å². The number of ketones is 3. The number of hydrogen-bond acceptors (Lipinski definition) is 4. The Labute approximate surface area is 121 Å². The lowest BCUT2D eigenvalue weighted by molar-refractivity contribution is -0.111. The van der Waals surface area contributed by atoms with Gasteiger partial charge in [0.05, 0.1) is 11.1 Å². The molecule has 0 atom stereocenters. The van der Waals surface area contributed by atoms with Crippen LogP contribution in [0.15, 0.2) is 40.5 Å². The molecule has 21 heavy (non-hydrogen) atoms. The van der Waals surface area contributed by atoms with Crippen LogP contribution in [-0.2, 0) is 4.79 Å². The molecule has 0 N–H and O–H groups in total. The molecule has 4 nitrogen and oxygen atoms in total. The van der Waals surface area contributed by atoms with E-state index in [2.05, 4.69) is 0 Å². The van der Waals surface area contributed by atoms with Gasteiger partial charge in [-0.3, -0.25) is 14.4 Å². The highest BCUT2D eigenvalue weighted by atomic mass is 16.3. The molecule has 1 aliphatic rings. The topological polar surface area (TPSA) is 64.3 Å². The zero-order valence-corrected chi connectivity index (χ0v) is 11.6. The SMILES string of the molecule is CC1=Cc2occ(C(=O)c3ccc(C)cc3)c2C(=O)C1=O. The lowest BCUT2D eigenvalue weighted by atomic mass is 9.90. The summed E-state index contributed by atoms with van der Waals surface area (Å²) < 4.78 is 5.27. The standard InChI is InChI=1S/C17H12O4/c1-9-3-5-11(6-4-9)16(19)12-8-21-13-7-10(2)15(18)17(20)14(12)13/h3-8H,1-2H3. The highest BCUT2D eigenvalue weighted by Crippen LogP contribution is 2.28. The van der Waals surface area contributed by atoms with Gasteiger partial charge < -0.3 is 4.42 Å². The van der Waals surface area contributed by atoms with E-state index < -0.39 is 11.6 Å². The van der Waals surface area contributed by atoms with Gasteiger partial charge in [0, 0.05) is 11.1 Å². The Hall–Kier alpha value is -2.75. The number of hydrogen-bond donors (Lipinski definition) is 0.